The number of hydrogen-bond donors (Lipinski definition) is 3. The molecule has 0 aromatic heterocycles. The number of amides is 4. The highest BCUT2D eigenvalue weighted by Crippen LogP contribution is 2.28. The van der Waals surface area contributed by atoms with Crippen molar-refractivity contribution < 1.29 is 23.9 Å². The molecule has 148 valence electrons. The van der Waals surface area contributed by atoms with Crippen molar-refractivity contribution in [2.45, 2.75) is 31.5 Å². The number of hydrogen-bond acceptors (Lipinski definition) is 7. The molecule has 0 saturated carbocycles. The van der Waals surface area contributed by atoms with Gasteiger partial charge in [-0.15, -0.1) is 0 Å². The molecule has 28 heavy (non-hydrogen) atoms. The summed E-state index contributed by atoms with van der Waals surface area (Å²) in [5, 5.41) is 8.87. The summed E-state index contributed by atoms with van der Waals surface area (Å²) in [7, 11) is 0. The molecule has 0 bridgehead atoms. The van der Waals surface area contributed by atoms with E-state index < -0.39 is 23.8 Å². The number of fused-ring (bicyclic) bond motifs is 1. The largest absolute Gasteiger partial charge is 0.378 e. The van der Waals surface area contributed by atoms with Gasteiger partial charge >= 0.3 is 0 Å². The van der Waals surface area contributed by atoms with E-state index in [0.717, 1.165) is 30.2 Å². The van der Waals surface area contributed by atoms with Crippen LogP contribution < -0.4 is 16.0 Å². The normalized spacial score (nSPS) is 25.1. The second kappa shape index (κ2) is 7.78. The SMILES string of the molecule is O=C1CCC(N2C(=O)c3ccc(CNCC4COCCN4)cc3C2=O)C(=O)N1. The van der Waals surface area contributed by atoms with Crippen molar-refractivity contribution in [3.63, 3.8) is 0 Å². The maximum atomic E-state index is 12.8. The monoisotopic (exact) mass is 386 g/mol. The van der Waals surface area contributed by atoms with Crippen LogP contribution in [0.25, 0.3) is 0 Å². The fraction of sp³-hybridized carbons (Fsp3) is 0.474. The molecule has 1 aromatic carbocycles. The molecule has 4 rings (SSSR count). The molecule has 3 aliphatic heterocycles. The fourth-order valence-corrected chi connectivity index (χ4v) is 3.77. The van der Waals surface area contributed by atoms with Crippen LogP contribution in [0.2, 0.25) is 0 Å². The second-order valence-corrected chi connectivity index (χ2v) is 7.18. The van der Waals surface area contributed by atoms with Crippen LogP contribution in [-0.2, 0) is 20.9 Å². The molecule has 2 unspecified atom stereocenters. The molecule has 3 aliphatic rings. The number of rotatable bonds is 5. The van der Waals surface area contributed by atoms with E-state index in [-0.39, 0.29) is 24.8 Å². The average Bonchev–Trinajstić information content (AvgIpc) is 2.93. The average molecular weight is 386 g/mol. The van der Waals surface area contributed by atoms with Gasteiger partial charge in [0.2, 0.25) is 11.8 Å². The summed E-state index contributed by atoms with van der Waals surface area (Å²) in [5.41, 5.74) is 1.47. The number of morpholine rings is 1. The van der Waals surface area contributed by atoms with Gasteiger partial charge in [0.1, 0.15) is 6.04 Å². The third-order valence-corrected chi connectivity index (χ3v) is 5.22. The Kier molecular flexibility index (Phi) is 5.21. The van der Waals surface area contributed by atoms with Gasteiger partial charge in [-0.05, 0) is 24.1 Å². The highest BCUT2D eigenvalue weighted by molar-refractivity contribution is 6.23. The Labute approximate surface area is 161 Å². The van der Waals surface area contributed by atoms with Crippen molar-refractivity contribution >= 4 is 23.6 Å². The van der Waals surface area contributed by atoms with Crippen LogP contribution in [0.3, 0.4) is 0 Å². The number of benzene rings is 1. The second-order valence-electron chi connectivity index (χ2n) is 7.18. The summed E-state index contributed by atoms with van der Waals surface area (Å²) >= 11 is 0. The first kappa shape index (κ1) is 18.7. The van der Waals surface area contributed by atoms with Gasteiger partial charge in [0.15, 0.2) is 0 Å². The molecule has 2 fully saturated rings. The van der Waals surface area contributed by atoms with Crippen LogP contribution in [0, 0.1) is 0 Å². The number of ether oxygens (including phenoxy) is 1. The lowest BCUT2D eigenvalue weighted by Crippen LogP contribution is -2.54. The van der Waals surface area contributed by atoms with Crippen LogP contribution in [0.15, 0.2) is 18.2 Å². The summed E-state index contributed by atoms with van der Waals surface area (Å²) in [6.07, 6.45) is 0.263. The van der Waals surface area contributed by atoms with Gasteiger partial charge in [0, 0.05) is 32.1 Å². The summed E-state index contributed by atoms with van der Waals surface area (Å²) < 4.78 is 5.41. The minimum absolute atomic E-state index is 0.109. The topological polar surface area (TPSA) is 117 Å². The number of imide groups is 2. The van der Waals surface area contributed by atoms with Gasteiger partial charge in [-0.2, -0.15) is 0 Å². The summed E-state index contributed by atoms with van der Waals surface area (Å²) in [4.78, 5) is 49.9. The van der Waals surface area contributed by atoms with E-state index in [4.69, 9.17) is 4.74 Å². The van der Waals surface area contributed by atoms with Crippen LogP contribution >= 0.6 is 0 Å². The summed E-state index contributed by atoms with van der Waals surface area (Å²) in [5.74, 6) is -1.96. The first-order valence-corrected chi connectivity index (χ1v) is 9.41. The van der Waals surface area contributed by atoms with Crippen molar-refractivity contribution in [3.05, 3.63) is 34.9 Å². The molecule has 3 N–H and O–H groups in total. The molecule has 9 nitrogen and oxygen atoms in total. The van der Waals surface area contributed by atoms with Crippen LogP contribution in [0.1, 0.15) is 39.1 Å². The predicted octanol–water partition coefficient (Wildman–Crippen LogP) is -0.834. The highest BCUT2D eigenvalue weighted by Gasteiger charge is 2.44. The highest BCUT2D eigenvalue weighted by atomic mass is 16.5. The fourth-order valence-electron chi connectivity index (χ4n) is 3.77. The minimum atomic E-state index is -0.941. The Morgan fingerprint density at radius 3 is 2.71 bits per heavy atom. The van der Waals surface area contributed by atoms with E-state index in [2.05, 4.69) is 16.0 Å². The molecule has 3 heterocycles. The smallest absolute Gasteiger partial charge is 0.262 e. The molecule has 0 radical (unpaired) electrons. The van der Waals surface area contributed by atoms with Crippen LogP contribution in [-0.4, -0.2) is 66.9 Å². The summed E-state index contributed by atoms with van der Waals surface area (Å²) in [6.45, 7) is 3.49. The Morgan fingerprint density at radius 1 is 1.14 bits per heavy atom. The van der Waals surface area contributed by atoms with Gasteiger partial charge in [-0.3, -0.25) is 29.4 Å². The van der Waals surface area contributed by atoms with E-state index in [9.17, 15) is 19.2 Å². The van der Waals surface area contributed by atoms with Gasteiger partial charge < -0.3 is 15.4 Å². The Balaban J connectivity index is 1.43. The number of carbonyl (C=O) groups is 4. The van der Waals surface area contributed by atoms with Crippen molar-refractivity contribution in [1.29, 1.82) is 0 Å². The van der Waals surface area contributed by atoms with E-state index in [1.807, 2.05) is 0 Å². The number of carbonyl (C=O) groups excluding carboxylic acids is 4. The molecule has 9 heteroatoms. The van der Waals surface area contributed by atoms with Crippen molar-refractivity contribution in [2.24, 2.45) is 0 Å². The molecule has 4 amide bonds. The maximum Gasteiger partial charge on any atom is 0.262 e. The van der Waals surface area contributed by atoms with E-state index in [1.165, 1.54) is 0 Å². The molecular formula is C19H22N4O5. The Morgan fingerprint density at radius 2 is 1.96 bits per heavy atom. The van der Waals surface area contributed by atoms with Gasteiger partial charge in [-0.1, -0.05) is 6.07 Å². The van der Waals surface area contributed by atoms with Gasteiger partial charge in [-0.25, -0.2) is 0 Å². The minimum Gasteiger partial charge on any atom is -0.378 e. The molecule has 1 aromatic rings. The lowest BCUT2D eigenvalue weighted by molar-refractivity contribution is -0.136. The lowest BCUT2D eigenvalue weighted by atomic mass is 10.0. The summed E-state index contributed by atoms with van der Waals surface area (Å²) in [6, 6.07) is 4.42. The van der Waals surface area contributed by atoms with Crippen molar-refractivity contribution in [1.82, 2.24) is 20.9 Å². The van der Waals surface area contributed by atoms with Crippen LogP contribution in [0.4, 0.5) is 0 Å². The van der Waals surface area contributed by atoms with Crippen molar-refractivity contribution in [2.75, 3.05) is 26.3 Å². The quantitative estimate of drug-likeness (QED) is 0.565. The molecule has 2 saturated heterocycles. The zero-order valence-electron chi connectivity index (χ0n) is 15.3. The Bertz CT molecular complexity index is 834. The van der Waals surface area contributed by atoms with Crippen LogP contribution in [0.5, 0.6) is 0 Å². The molecule has 0 aliphatic carbocycles. The first-order valence-electron chi connectivity index (χ1n) is 9.41. The third-order valence-electron chi connectivity index (χ3n) is 5.22. The molecule has 2 atom stereocenters. The van der Waals surface area contributed by atoms with Gasteiger partial charge in [0.25, 0.3) is 11.8 Å². The molecular weight excluding hydrogens is 364 g/mol. The van der Waals surface area contributed by atoms with E-state index in [1.54, 1.807) is 18.2 Å². The zero-order valence-corrected chi connectivity index (χ0v) is 15.3. The van der Waals surface area contributed by atoms with Crippen molar-refractivity contribution in [3.8, 4) is 0 Å². The van der Waals surface area contributed by atoms with Gasteiger partial charge in [0.05, 0.1) is 24.3 Å². The predicted molar refractivity (Wildman–Crippen MR) is 97.4 cm³/mol. The number of piperidine rings is 1. The Hall–Kier alpha value is -2.62. The van der Waals surface area contributed by atoms with E-state index >= 15 is 0 Å². The zero-order chi connectivity index (χ0) is 19.7. The van der Waals surface area contributed by atoms with E-state index in [0.29, 0.717) is 24.3 Å². The lowest BCUT2D eigenvalue weighted by Gasteiger charge is -2.27. The number of nitrogens with one attached hydrogen (secondary N) is 3. The first-order chi connectivity index (χ1) is 13.5. The standard InChI is InChI=1S/C19H22N4O5/c24-16-4-3-15(17(25)22-16)23-18(26)13-2-1-11(7-14(13)19(23)27)8-20-9-12-10-28-6-5-21-12/h1-2,7,12,15,20-21H,3-6,8-10H2,(H,22,24,25). The third kappa shape index (κ3) is 3.56. The number of nitrogens with zero attached hydrogens (tertiary/aromatic N) is 1. The molecule has 0 spiro atoms. The maximum absolute atomic E-state index is 12.8.